The third-order valence-electron chi connectivity index (χ3n) is 5.11. The lowest BCUT2D eigenvalue weighted by Gasteiger charge is -2.36. The molecule has 144 valence electrons. The van der Waals surface area contributed by atoms with Gasteiger partial charge >= 0.3 is 0 Å². The highest BCUT2D eigenvalue weighted by molar-refractivity contribution is 5.93. The third-order valence-corrected chi connectivity index (χ3v) is 5.11. The molecule has 28 heavy (non-hydrogen) atoms. The molecule has 1 fully saturated rings. The maximum atomic E-state index is 12.6. The van der Waals surface area contributed by atoms with Crippen molar-refractivity contribution in [2.24, 2.45) is 0 Å². The van der Waals surface area contributed by atoms with Gasteiger partial charge in [0.15, 0.2) is 0 Å². The number of carbonyl (C=O) groups is 1. The van der Waals surface area contributed by atoms with Crippen LogP contribution in [0.25, 0.3) is 5.69 Å². The minimum absolute atomic E-state index is 0.0933. The molecule has 1 aliphatic heterocycles. The molecule has 1 N–H and O–H groups in total. The molecular formula is C22H25N5O. The number of anilines is 1. The zero-order chi connectivity index (χ0) is 19.2. The Balaban J connectivity index is 1.25. The molecule has 0 unspecified atom stereocenters. The monoisotopic (exact) mass is 375 g/mol. The fraction of sp³-hybridized carbons (Fsp3) is 0.273. The van der Waals surface area contributed by atoms with Gasteiger partial charge in [-0.3, -0.25) is 14.3 Å². The molecule has 3 aromatic rings. The van der Waals surface area contributed by atoms with E-state index in [0.29, 0.717) is 12.2 Å². The van der Waals surface area contributed by atoms with Crippen LogP contribution in [0.1, 0.15) is 10.5 Å². The lowest BCUT2D eigenvalue weighted by Crippen LogP contribution is -2.48. The highest BCUT2D eigenvalue weighted by Crippen LogP contribution is 2.15. The Bertz CT molecular complexity index is 886. The fourth-order valence-corrected chi connectivity index (χ4v) is 3.54. The highest BCUT2D eigenvalue weighted by atomic mass is 16.2. The molecule has 1 aliphatic rings. The van der Waals surface area contributed by atoms with E-state index in [1.165, 1.54) is 5.69 Å². The molecule has 4 rings (SSSR count). The summed E-state index contributed by atoms with van der Waals surface area (Å²) in [5.41, 5.74) is 2.77. The van der Waals surface area contributed by atoms with Crippen molar-refractivity contribution in [3.05, 3.63) is 78.9 Å². The third kappa shape index (κ3) is 4.23. The molecule has 0 atom stereocenters. The second kappa shape index (κ2) is 8.71. The van der Waals surface area contributed by atoms with E-state index in [2.05, 4.69) is 44.4 Å². The molecule has 0 saturated carbocycles. The van der Waals surface area contributed by atoms with E-state index >= 15 is 0 Å². The number of imidazole rings is 1. The minimum atomic E-state index is -0.0933. The lowest BCUT2D eigenvalue weighted by atomic mass is 10.2. The number of aromatic nitrogens is 2. The average Bonchev–Trinajstić information content (AvgIpc) is 3.26. The van der Waals surface area contributed by atoms with E-state index in [-0.39, 0.29) is 5.91 Å². The Hall–Kier alpha value is -3.12. The van der Waals surface area contributed by atoms with Gasteiger partial charge in [-0.1, -0.05) is 36.4 Å². The molecular weight excluding hydrogens is 350 g/mol. The predicted octanol–water partition coefficient (Wildman–Crippen LogP) is 2.42. The standard InChI is InChI=1S/C22H25N5O/c28-22(21-17-23-18-27(21)20-9-5-2-6-10-20)24-11-12-25-13-15-26(16-14-25)19-7-3-1-4-8-19/h1-10,17-18H,11-16H2,(H,24,28). The van der Waals surface area contributed by atoms with Crippen molar-refractivity contribution in [1.82, 2.24) is 19.8 Å². The molecule has 0 aliphatic carbocycles. The van der Waals surface area contributed by atoms with Crippen LogP contribution in [0.15, 0.2) is 73.2 Å². The molecule has 1 amide bonds. The summed E-state index contributed by atoms with van der Waals surface area (Å²) < 4.78 is 1.81. The van der Waals surface area contributed by atoms with Crippen LogP contribution in [0, 0.1) is 0 Å². The minimum Gasteiger partial charge on any atom is -0.369 e. The van der Waals surface area contributed by atoms with Gasteiger partial charge in [-0.25, -0.2) is 4.98 Å². The molecule has 2 heterocycles. The molecule has 1 saturated heterocycles. The van der Waals surface area contributed by atoms with Crippen molar-refractivity contribution < 1.29 is 4.79 Å². The van der Waals surface area contributed by atoms with Gasteiger partial charge in [0, 0.05) is 50.6 Å². The van der Waals surface area contributed by atoms with Crippen LogP contribution < -0.4 is 10.2 Å². The fourth-order valence-electron chi connectivity index (χ4n) is 3.54. The van der Waals surface area contributed by atoms with Gasteiger partial charge < -0.3 is 10.2 Å². The average molecular weight is 375 g/mol. The van der Waals surface area contributed by atoms with E-state index in [0.717, 1.165) is 38.4 Å². The van der Waals surface area contributed by atoms with Crippen LogP contribution in [0.2, 0.25) is 0 Å². The Kier molecular flexibility index (Phi) is 5.68. The molecule has 6 heteroatoms. The molecule has 0 spiro atoms. The maximum absolute atomic E-state index is 12.6. The Morgan fingerprint density at radius 1 is 0.893 bits per heavy atom. The molecule has 0 radical (unpaired) electrons. The summed E-state index contributed by atoms with van der Waals surface area (Å²) in [6.45, 7) is 5.52. The van der Waals surface area contributed by atoms with Crippen LogP contribution in [0.4, 0.5) is 5.69 Å². The molecule has 1 aromatic heterocycles. The zero-order valence-electron chi connectivity index (χ0n) is 15.9. The van der Waals surface area contributed by atoms with Crippen LogP contribution in [0.3, 0.4) is 0 Å². The summed E-state index contributed by atoms with van der Waals surface area (Å²) in [6.07, 6.45) is 3.29. The summed E-state index contributed by atoms with van der Waals surface area (Å²) >= 11 is 0. The van der Waals surface area contributed by atoms with Gasteiger partial charge in [0.1, 0.15) is 5.69 Å². The number of hydrogen-bond acceptors (Lipinski definition) is 4. The van der Waals surface area contributed by atoms with E-state index in [1.54, 1.807) is 12.5 Å². The van der Waals surface area contributed by atoms with Crippen molar-refractivity contribution in [3.8, 4) is 5.69 Å². The maximum Gasteiger partial charge on any atom is 0.269 e. The summed E-state index contributed by atoms with van der Waals surface area (Å²) in [7, 11) is 0. The Morgan fingerprint density at radius 3 is 2.21 bits per heavy atom. The number of rotatable bonds is 6. The predicted molar refractivity (Wildman–Crippen MR) is 111 cm³/mol. The first kappa shape index (κ1) is 18.3. The molecule has 0 bridgehead atoms. The summed E-state index contributed by atoms with van der Waals surface area (Å²) in [5, 5.41) is 3.03. The second-order valence-corrected chi connectivity index (χ2v) is 6.90. The zero-order valence-corrected chi connectivity index (χ0v) is 15.9. The van der Waals surface area contributed by atoms with Gasteiger partial charge in [-0.2, -0.15) is 0 Å². The van der Waals surface area contributed by atoms with Crippen LogP contribution in [0.5, 0.6) is 0 Å². The first-order chi connectivity index (χ1) is 13.8. The second-order valence-electron chi connectivity index (χ2n) is 6.90. The van der Waals surface area contributed by atoms with Gasteiger partial charge in [0.2, 0.25) is 0 Å². The van der Waals surface area contributed by atoms with Gasteiger partial charge in [-0.05, 0) is 24.3 Å². The van der Waals surface area contributed by atoms with Crippen molar-refractivity contribution in [3.63, 3.8) is 0 Å². The summed E-state index contributed by atoms with van der Waals surface area (Å²) in [5.74, 6) is -0.0933. The van der Waals surface area contributed by atoms with Crippen LogP contribution in [-0.2, 0) is 0 Å². The number of para-hydroxylation sites is 2. The van der Waals surface area contributed by atoms with E-state index in [9.17, 15) is 4.79 Å². The van der Waals surface area contributed by atoms with Crippen LogP contribution >= 0.6 is 0 Å². The summed E-state index contributed by atoms with van der Waals surface area (Å²) in [4.78, 5) is 21.5. The largest absolute Gasteiger partial charge is 0.369 e. The van der Waals surface area contributed by atoms with E-state index in [4.69, 9.17) is 0 Å². The normalized spacial score (nSPS) is 14.8. The first-order valence-corrected chi connectivity index (χ1v) is 9.69. The van der Waals surface area contributed by atoms with Crippen molar-refractivity contribution in [2.75, 3.05) is 44.2 Å². The van der Waals surface area contributed by atoms with Gasteiger partial charge in [0.25, 0.3) is 5.91 Å². The highest BCUT2D eigenvalue weighted by Gasteiger charge is 2.17. The Morgan fingerprint density at radius 2 is 1.54 bits per heavy atom. The number of benzene rings is 2. The topological polar surface area (TPSA) is 53.4 Å². The van der Waals surface area contributed by atoms with Gasteiger partial charge in [0.05, 0.1) is 12.5 Å². The van der Waals surface area contributed by atoms with Crippen molar-refractivity contribution in [1.29, 1.82) is 0 Å². The quantitative estimate of drug-likeness (QED) is 0.719. The van der Waals surface area contributed by atoms with Gasteiger partial charge in [-0.15, -0.1) is 0 Å². The number of amides is 1. The van der Waals surface area contributed by atoms with E-state index in [1.807, 2.05) is 41.0 Å². The van der Waals surface area contributed by atoms with Crippen molar-refractivity contribution >= 4 is 11.6 Å². The number of nitrogens with one attached hydrogen (secondary N) is 1. The summed E-state index contributed by atoms with van der Waals surface area (Å²) in [6, 6.07) is 20.3. The van der Waals surface area contributed by atoms with E-state index < -0.39 is 0 Å². The number of piperazine rings is 1. The Labute approximate surface area is 165 Å². The molecule has 6 nitrogen and oxygen atoms in total. The smallest absolute Gasteiger partial charge is 0.269 e. The number of hydrogen-bond donors (Lipinski definition) is 1. The molecule has 2 aromatic carbocycles. The lowest BCUT2D eigenvalue weighted by molar-refractivity contribution is 0.0941. The van der Waals surface area contributed by atoms with Crippen LogP contribution in [-0.4, -0.2) is 59.6 Å². The number of nitrogens with zero attached hydrogens (tertiary/aromatic N) is 4. The number of carbonyl (C=O) groups excluding carboxylic acids is 1. The van der Waals surface area contributed by atoms with Crippen molar-refractivity contribution in [2.45, 2.75) is 0 Å². The first-order valence-electron chi connectivity index (χ1n) is 9.69. The SMILES string of the molecule is O=C(NCCN1CCN(c2ccccc2)CC1)c1cncn1-c1ccccc1.